The fourth-order valence-electron chi connectivity index (χ4n) is 4.02. The van der Waals surface area contributed by atoms with Crippen molar-refractivity contribution in [1.29, 1.82) is 0 Å². The molecule has 36 heavy (non-hydrogen) atoms. The van der Waals surface area contributed by atoms with Crippen molar-refractivity contribution in [2.24, 2.45) is 0 Å². The second-order valence-corrected chi connectivity index (χ2v) is 8.76. The van der Waals surface area contributed by atoms with E-state index in [0.717, 1.165) is 38.5 Å². The summed E-state index contributed by atoms with van der Waals surface area (Å²) in [6, 6.07) is 0. The Kier molecular flexibility index (Phi) is 11.8. The molecule has 0 aliphatic carbocycles. The van der Waals surface area contributed by atoms with Gasteiger partial charge in [0, 0.05) is 19.8 Å². The van der Waals surface area contributed by atoms with E-state index in [0.29, 0.717) is 37.6 Å². The molecule has 1 N–H and O–H groups in total. The van der Waals surface area contributed by atoms with Gasteiger partial charge in [-0.15, -0.1) is 0 Å². The van der Waals surface area contributed by atoms with Crippen LogP contribution in [0.25, 0.3) is 11.2 Å². The minimum atomic E-state index is -0.599. The molecule has 1 unspecified atom stereocenters. The first-order valence-electron chi connectivity index (χ1n) is 13.2. The number of imidazole rings is 1. The van der Waals surface area contributed by atoms with Crippen LogP contribution in [0, 0.1) is 0 Å². The number of rotatable bonds is 15. The fourth-order valence-corrected chi connectivity index (χ4v) is 4.02. The number of amides is 1. The predicted octanol–water partition coefficient (Wildman–Crippen LogP) is 4.48. The Morgan fingerprint density at radius 2 is 1.64 bits per heavy atom. The number of aromatic nitrogens is 4. The third-order valence-electron chi connectivity index (χ3n) is 5.98. The van der Waals surface area contributed by atoms with Crippen molar-refractivity contribution in [1.82, 2.24) is 19.5 Å². The molecule has 1 amide bonds. The normalized spacial score (nSPS) is 22.1. The van der Waals surface area contributed by atoms with E-state index in [1.165, 1.54) is 6.33 Å². The van der Waals surface area contributed by atoms with Gasteiger partial charge in [-0.05, 0) is 26.2 Å². The van der Waals surface area contributed by atoms with Crippen molar-refractivity contribution in [2.75, 3.05) is 38.4 Å². The van der Waals surface area contributed by atoms with E-state index in [1.54, 1.807) is 13.3 Å². The lowest BCUT2D eigenvalue weighted by Gasteiger charge is -2.42. The van der Waals surface area contributed by atoms with Crippen LogP contribution in [0.1, 0.15) is 72.4 Å². The van der Waals surface area contributed by atoms with Crippen molar-refractivity contribution in [2.45, 2.75) is 90.8 Å². The van der Waals surface area contributed by atoms with Crippen LogP contribution in [0.2, 0.25) is 0 Å². The number of ether oxygens (including phenoxy) is 5. The number of hydrogen-bond donors (Lipinski definition) is 1. The summed E-state index contributed by atoms with van der Waals surface area (Å²) < 4.78 is 32.1. The average Bonchev–Trinajstić information content (AvgIpc) is 3.31. The van der Waals surface area contributed by atoms with Crippen molar-refractivity contribution >= 4 is 23.1 Å². The highest BCUT2D eigenvalue weighted by Gasteiger charge is 2.44. The zero-order valence-electron chi connectivity index (χ0n) is 22.0. The van der Waals surface area contributed by atoms with Crippen molar-refractivity contribution < 1.29 is 28.5 Å². The molecule has 0 radical (unpaired) electrons. The maximum atomic E-state index is 12.0. The molecular formula is C25H41N5O6. The summed E-state index contributed by atoms with van der Waals surface area (Å²) in [5.41, 5.74) is 0.954. The number of anilines is 1. The molecule has 3 rings (SSSR count). The molecule has 1 saturated heterocycles. The monoisotopic (exact) mass is 507 g/mol. The molecule has 3 heterocycles. The van der Waals surface area contributed by atoms with Gasteiger partial charge in [0.05, 0.1) is 19.5 Å². The first-order valence-corrected chi connectivity index (χ1v) is 13.2. The summed E-state index contributed by atoms with van der Waals surface area (Å²) >= 11 is 0. The van der Waals surface area contributed by atoms with Gasteiger partial charge < -0.3 is 23.7 Å². The SMILES string of the molecule is CCCCOC1[C@H](OCCCC)CO[C@@H](n2cnc3c(NC(=O)OCC)ncnc32)[C@H]1OCCCC. The van der Waals surface area contributed by atoms with Gasteiger partial charge in [0.2, 0.25) is 0 Å². The Hall–Kier alpha value is -2.34. The van der Waals surface area contributed by atoms with Crippen LogP contribution in [0.4, 0.5) is 10.6 Å². The molecule has 2 aromatic heterocycles. The largest absolute Gasteiger partial charge is 0.450 e. The van der Waals surface area contributed by atoms with Crippen LogP contribution in [0.3, 0.4) is 0 Å². The molecule has 0 bridgehead atoms. The average molecular weight is 508 g/mol. The first kappa shape index (κ1) is 28.2. The second-order valence-electron chi connectivity index (χ2n) is 8.76. The zero-order valence-corrected chi connectivity index (χ0v) is 22.0. The van der Waals surface area contributed by atoms with Crippen LogP contribution in [-0.2, 0) is 23.7 Å². The maximum Gasteiger partial charge on any atom is 0.412 e. The summed E-state index contributed by atoms with van der Waals surface area (Å²) in [5.74, 6) is 0.271. The molecule has 1 aliphatic heterocycles. The van der Waals surface area contributed by atoms with E-state index in [2.05, 4.69) is 41.0 Å². The van der Waals surface area contributed by atoms with E-state index in [1.807, 2.05) is 4.57 Å². The molecule has 2 aromatic rings. The first-order chi connectivity index (χ1) is 17.6. The lowest BCUT2D eigenvalue weighted by Crippen LogP contribution is -2.54. The van der Waals surface area contributed by atoms with Crippen LogP contribution in [-0.4, -0.2) is 77.0 Å². The topological polar surface area (TPSA) is 119 Å². The minimum Gasteiger partial charge on any atom is -0.450 e. The fraction of sp³-hybridized carbons (Fsp3) is 0.760. The Morgan fingerprint density at radius 1 is 0.972 bits per heavy atom. The van der Waals surface area contributed by atoms with E-state index in [4.69, 9.17) is 23.7 Å². The van der Waals surface area contributed by atoms with Gasteiger partial charge in [-0.25, -0.2) is 19.7 Å². The third-order valence-corrected chi connectivity index (χ3v) is 5.98. The number of hydrogen-bond acceptors (Lipinski definition) is 9. The minimum absolute atomic E-state index is 0.235. The molecule has 0 aromatic carbocycles. The molecule has 1 fully saturated rings. The van der Waals surface area contributed by atoms with Gasteiger partial charge in [0.1, 0.15) is 24.6 Å². The summed E-state index contributed by atoms with van der Waals surface area (Å²) in [6.07, 6.45) is 6.87. The van der Waals surface area contributed by atoms with Gasteiger partial charge in [-0.2, -0.15) is 0 Å². The number of carbonyl (C=O) groups excluding carboxylic acids is 1. The molecule has 4 atom stereocenters. The van der Waals surface area contributed by atoms with E-state index in [-0.39, 0.29) is 24.6 Å². The molecule has 0 saturated carbocycles. The lowest BCUT2D eigenvalue weighted by molar-refractivity contribution is -0.248. The summed E-state index contributed by atoms with van der Waals surface area (Å²) in [6.45, 7) is 10.6. The highest BCUT2D eigenvalue weighted by atomic mass is 16.6. The summed E-state index contributed by atoms with van der Waals surface area (Å²) in [5, 5.41) is 2.63. The van der Waals surface area contributed by atoms with Gasteiger partial charge in [0.15, 0.2) is 23.2 Å². The zero-order chi connectivity index (χ0) is 25.8. The van der Waals surface area contributed by atoms with E-state index in [9.17, 15) is 4.79 Å². The standard InChI is InChI=1S/C25H41N5O6/c1-5-9-12-33-18-15-36-24(21(35-14-11-7-3)20(18)34-13-10-6-2)30-17-28-19-22(26-16-27-23(19)30)29-25(31)32-8-4/h16-18,20-21,24H,5-15H2,1-4H3,(H,26,27,29,31)/t18-,20?,21+,24-/m1/s1. The Bertz CT molecular complexity index is 925. The van der Waals surface area contributed by atoms with Gasteiger partial charge in [-0.3, -0.25) is 9.88 Å². The van der Waals surface area contributed by atoms with Crippen molar-refractivity contribution in [3.8, 4) is 0 Å². The van der Waals surface area contributed by atoms with Crippen LogP contribution >= 0.6 is 0 Å². The third kappa shape index (κ3) is 7.34. The van der Waals surface area contributed by atoms with Crippen molar-refractivity contribution in [3.05, 3.63) is 12.7 Å². The Balaban J connectivity index is 1.90. The molecule has 11 heteroatoms. The molecular weight excluding hydrogens is 466 g/mol. The Labute approximate surface area is 213 Å². The highest BCUT2D eigenvalue weighted by molar-refractivity contribution is 5.93. The number of unbranched alkanes of at least 4 members (excludes halogenated alkanes) is 3. The molecule has 11 nitrogen and oxygen atoms in total. The molecule has 1 aliphatic rings. The van der Waals surface area contributed by atoms with E-state index >= 15 is 0 Å². The molecule has 202 valence electrons. The van der Waals surface area contributed by atoms with Gasteiger partial charge in [-0.1, -0.05) is 40.0 Å². The van der Waals surface area contributed by atoms with E-state index < -0.39 is 18.4 Å². The van der Waals surface area contributed by atoms with Crippen LogP contribution in [0.5, 0.6) is 0 Å². The lowest BCUT2D eigenvalue weighted by atomic mass is 10.0. The van der Waals surface area contributed by atoms with Crippen molar-refractivity contribution in [3.63, 3.8) is 0 Å². The number of fused-ring (bicyclic) bond motifs is 1. The number of carbonyl (C=O) groups is 1. The maximum absolute atomic E-state index is 12.0. The smallest absolute Gasteiger partial charge is 0.412 e. The second kappa shape index (κ2) is 15.0. The summed E-state index contributed by atoms with van der Waals surface area (Å²) in [7, 11) is 0. The summed E-state index contributed by atoms with van der Waals surface area (Å²) in [4.78, 5) is 25.1. The highest BCUT2D eigenvalue weighted by Crippen LogP contribution is 2.33. The van der Waals surface area contributed by atoms with Gasteiger partial charge in [0.25, 0.3) is 0 Å². The van der Waals surface area contributed by atoms with Crippen LogP contribution < -0.4 is 5.32 Å². The quantitative estimate of drug-likeness (QED) is 0.348. The molecule has 0 spiro atoms. The number of nitrogens with zero attached hydrogens (tertiary/aromatic N) is 4. The number of nitrogens with one attached hydrogen (secondary N) is 1. The predicted molar refractivity (Wildman–Crippen MR) is 135 cm³/mol. The van der Waals surface area contributed by atoms with Crippen LogP contribution in [0.15, 0.2) is 12.7 Å². The Morgan fingerprint density at radius 3 is 2.31 bits per heavy atom. The van der Waals surface area contributed by atoms with Gasteiger partial charge >= 0.3 is 6.09 Å².